The molecule has 8 heteroatoms. The minimum Gasteiger partial charge on any atom is -0.545 e. The Morgan fingerprint density at radius 2 is 1.86 bits per heavy atom. The van der Waals surface area contributed by atoms with Gasteiger partial charge in [0.1, 0.15) is 5.60 Å². The molecule has 2 aromatic rings. The Kier molecular flexibility index (Phi) is 3.99. The Balaban J connectivity index is 2.62. The Bertz CT molecular complexity index is 744. The number of carboxylic acid groups (broad SMARTS) is 1. The van der Waals surface area contributed by atoms with E-state index in [-0.39, 0.29) is 11.2 Å². The SMILES string of the molecule is CC(C)(C)OC(=O)n1c(B(O)O)cc2cc(C(=O)[O-])ccc21. The molecule has 22 heavy (non-hydrogen) atoms. The van der Waals surface area contributed by atoms with Crippen LogP contribution in [0.1, 0.15) is 31.1 Å². The van der Waals surface area contributed by atoms with E-state index >= 15 is 0 Å². The van der Waals surface area contributed by atoms with Gasteiger partial charge in [0.25, 0.3) is 0 Å². The fourth-order valence-electron chi connectivity index (χ4n) is 2.07. The van der Waals surface area contributed by atoms with Gasteiger partial charge >= 0.3 is 13.2 Å². The number of fused-ring (bicyclic) bond motifs is 1. The van der Waals surface area contributed by atoms with Crippen LogP contribution in [0.2, 0.25) is 0 Å². The number of aromatic carboxylic acids is 1. The Hall–Kier alpha value is -2.32. The summed E-state index contributed by atoms with van der Waals surface area (Å²) in [5, 5.41) is 30.1. The molecule has 0 fully saturated rings. The number of nitrogens with zero attached hydrogens (tertiary/aromatic N) is 1. The first-order valence-electron chi connectivity index (χ1n) is 6.56. The molecule has 0 bridgehead atoms. The summed E-state index contributed by atoms with van der Waals surface area (Å²) in [7, 11) is -1.91. The van der Waals surface area contributed by atoms with E-state index in [1.165, 1.54) is 24.3 Å². The maximum atomic E-state index is 12.3. The van der Waals surface area contributed by atoms with E-state index in [1.54, 1.807) is 20.8 Å². The third-order valence-corrected chi connectivity index (χ3v) is 2.91. The van der Waals surface area contributed by atoms with Crippen LogP contribution in [0.25, 0.3) is 10.9 Å². The lowest BCUT2D eigenvalue weighted by Gasteiger charge is -2.21. The molecule has 2 rings (SSSR count). The molecule has 0 unspecified atom stereocenters. The molecule has 0 amide bonds. The number of carboxylic acids is 1. The van der Waals surface area contributed by atoms with Crippen LogP contribution in [-0.4, -0.2) is 39.4 Å². The van der Waals surface area contributed by atoms with E-state index in [4.69, 9.17) is 4.74 Å². The summed E-state index contributed by atoms with van der Waals surface area (Å²) in [5.41, 5.74) is -0.647. The van der Waals surface area contributed by atoms with E-state index in [2.05, 4.69) is 0 Å². The van der Waals surface area contributed by atoms with Gasteiger partial charge in [-0.1, -0.05) is 6.07 Å². The van der Waals surface area contributed by atoms with Crippen molar-refractivity contribution >= 4 is 35.7 Å². The van der Waals surface area contributed by atoms with E-state index in [0.29, 0.717) is 10.9 Å². The van der Waals surface area contributed by atoms with Gasteiger partial charge in [-0.15, -0.1) is 0 Å². The second-order valence-corrected chi connectivity index (χ2v) is 5.82. The van der Waals surface area contributed by atoms with Crippen molar-refractivity contribution in [2.24, 2.45) is 0 Å². The maximum absolute atomic E-state index is 12.3. The van der Waals surface area contributed by atoms with E-state index in [9.17, 15) is 24.7 Å². The summed E-state index contributed by atoms with van der Waals surface area (Å²) in [6.45, 7) is 5.04. The first-order valence-corrected chi connectivity index (χ1v) is 6.56. The summed E-state index contributed by atoms with van der Waals surface area (Å²) in [6, 6.07) is 5.26. The molecule has 0 atom stereocenters. The third-order valence-electron chi connectivity index (χ3n) is 2.91. The molecule has 0 aliphatic heterocycles. The van der Waals surface area contributed by atoms with Crippen LogP contribution in [0.4, 0.5) is 4.79 Å². The number of rotatable bonds is 2. The van der Waals surface area contributed by atoms with Crippen LogP contribution in [0.5, 0.6) is 0 Å². The molecule has 0 saturated carbocycles. The fourth-order valence-corrected chi connectivity index (χ4v) is 2.07. The highest BCUT2D eigenvalue weighted by atomic mass is 16.6. The molecule has 0 saturated heterocycles. The van der Waals surface area contributed by atoms with Crippen molar-refractivity contribution < 1.29 is 29.5 Å². The van der Waals surface area contributed by atoms with Crippen molar-refractivity contribution in [1.29, 1.82) is 0 Å². The quantitative estimate of drug-likeness (QED) is 0.721. The molecular formula is C14H15BNO6-. The topological polar surface area (TPSA) is 112 Å². The summed E-state index contributed by atoms with van der Waals surface area (Å²) in [4.78, 5) is 23.2. The molecule has 116 valence electrons. The number of carbonyl (C=O) groups is 2. The molecule has 1 aromatic carbocycles. The maximum Gasteiger partial charge on any atom is 0.506 e. The van der Waals surface area contributed by atoms with Crippen LogP contribution in [0, 0.1) is 0 Å². The Labute approximate surface area is 126 Å². The van der Waals surface area contributed by atoms with E-state index in [0.717, 1.165) is 4.57 Å². The van der Waals surface area contributed by atoms with Crippen molar-refractivity contribution in [3.05, 3.63) is 29.8 Å². The zero-order valence-corrected chi connectivity index (χ0v) is 12.4. The number of ether oxygens (including phenoxy) is 1. The molecule has 7 nitrogen and oxygen atoms in total. The first-order chi connectivity index (χ1) is 10.1. The van der Waals surface area contributed by atoms with Crippen molar-refractivity contribution in [3.8, 4) is 0 Å². The predicted molar refractivity (Wildman–Crippen MR) is 77.7 cm³/mol. The van der Waals surface area contributed by atoms with Crippen LogP contribution >= 0.6 is 0 Å². The lowest BCUT2D eigenvalue weighted by molar-refractivity contribution is -0.255. The molecule has 1 aromatic heterocycles. The molecule has 0 spiro atoms. The summed E-state index contributed by atoms with van der Waals surface area (Å²) < 4.78 is 6.24. The molecule has 1 heterocycles. The van der Waals surface area contributed by atoms with Gasteiger partial charge in [-0.3, -0.25) is 4.57 Å². The Morgan fingerprint density at radius 1 is 1.23 bits per heavy atom. The van der Waals surface area contributed by atoms with Crippen LogP contribution < -0.4 is 10.7 Å². The summed E-state index contributed by atoms with van der Waals surface area (Å²) in [5.74, 6) is -1.36. The van der Waals surface area contributed by atoms with Gasteiger partial charge in [0, 0.05) is 5.39 Å². The number of benzene rings is 1. The van der Waals surface area contributed by atoms with Crippen LogP contribution in [0.15, 0.2) is 24.3 Å². The normalized spacial score (nSPS) is 11.5. The molecule has 2 N–H and O–H groups in total. The standard InChI is InChI=1S/C14H16BNO6/c1-14(2,3)22-13(19)16-10-5-4-8(12(17)18)6-9(10)7-11(16)15(20)21/h4-7,20-21H,1-3H3,(H,17,18)/p-1. The monoisotopic (exact) mass is 304 g/mol. The highest BCUT2D eigenvalue weighted by Crippen LogP contribution is 2.19. The average molecular weight is 304 g/mol. The number of hydrogen-bond acceptors (Lipinski definition) is 6. The second-order valence-electron chi connectivity index (χ2n) is 5.82. The fraction of sp³-hybridized carbons (Fsp3) is 0.286. The molecular weight excluding hydrogens is 289 g/mol. The van der Waals surface area contributed by atoms with Crippen molar-refractivity contribution in [2.75, 3.05) is 0 Å². The zero-order chi connectivity index (χ0) is 16.7. The van der Waals surface area contributed by atoms with Gasteiger partial charge in [0.2, 0.25) is 0 Å². The van der Waals surface area contributed by atoms with Gasteiger partial charge < -0.3 is 24.7 Å². The minimum absolute atomic E-state index is 0.0761. The predicted octanol–water partition coefficient (Wildman–Crippen LogP) is -0.532. The largest absolute Gasteiger partial charge is 0.545 e. The van der Waals surface area contributed by atoms with Gasteiger partial charge in [-0.25, -0.2) is 4.79 Å². The lowest BCUT2D eigenvalue weighted by atomic mass is 9.86. The smallest absolute Gasteiger partial charge is 0.506 e. The number of aromatic nitrogens is 1. The molecule has 0 aliphatic rings. The zero-order valence-electron chi connectivity index (χ0n) is 12.4. The van der Waals surface area contributed by atoms with Crippen LogP contribution in [-0.2, 0) is 4.74 Å². The summed E-state index contributed by atoms with van der Waals surface area (Å²) >= 11 is 0. The third kappa shape index (κ3) is 3.13. The molecule has 0 radical (unpaired) electrons. The van der Waals surface area contributed by atoms with Crippen molar-refractivity contribution in [2.45, 2.75) is 26.4 Å². The van der Waals surface area contributed by atoms with Gasteiger partial charge in [0.05, 0.1) is 17.1 Å². The van der Waals surface area contributed by atoms with Crippen LogP contribution in [0.3, 0.4) is 0 Å². The van der Waals surface area contributed by atoms with E-state index in [1.807, 2.05) is 0 Å². The van der Waals surface area contributed by atoms with Crippen molar-refractivity contribution in [1.82, 2.24) is 4.57 Å². The summed E-state index contributed by atoms with van der Waals surface area (Å²) in [6.07, 6.45) is -0.785. The first kappa shape index (κ1) is 16.1. The highest BCUT2D eigenvalue weighted by molar-refractivity contribution is 6.59. The highest BCUT2D eigenvalue weighted by Gasteiger charge is 2.27. The average Bonchev–Trinajstić information content (AvgIpc) is 2.74. The minimum atomic E-state index is -1.91. The number of carbonyl (C=O) groups excluding carboxylic acids is 2. The Morgan fingerprint density at radius 3 is 2.36 bits per heavy atom. The molecule has 0 aliphatic carbocycles. The lowest BCUT2D eigenvalue weighted by Crippen LogP contribution is -2.40. The van der Waals surface area contributed by atoms with Gasteiger partial charge in [-0.05, 0) is 44.5 Å². The van der Waals surface area contributed by atoms with Crippen molar-refractivity contribution in [3.63, 3.8) is 0 Å². The van der Waals surface area contributed by atoms with Gasteiger partial charge in [-0.2, -0.15) is 0 Å². The number of hydrogen-bond donors (Lipinski definition) is 2. The van der Waals surface area contributed by atoms with E-state index < -0.39 is 24.8 Å². The van der Waals surface area contributed by atoms with Gasteiger partial charge in [0.15, 0.2) is 0 Å². The second kappa shape index (κ2) is 5.47.